The fraction of sp³-hybridized carbons (Fsp3) is 0.167. The normalized spacial score (nSPS) is 20.0. The van der Waals surface area contributed by atoms with E-state index < -0.39 is 17.6 Å². The zero-order valence-electron chi connectivity index (χ0n) is 15.2. The first-order valence-corrected chi connectivity index (χ1v) is 9.40. The van der Waals surface area contributed by atoms with Crippen LogP contribution < -0.4 is 0 Å². The zero-order chi connectivity index (χ0) is 19.3. The first-order chi connectivity index (χ1) is 13.6. The Labute approximate surface area is 163 Å². The van der Waals surface area contributed by atoms with Gasteiger partial charge < -0.3 is 5.11 Å². The minimum Gasteiger partial charge on any atom is -0.480 e. The molecule has 1 N–H and O–H groups in total. The summed E-state index contributed by atoms with van der Waals surface area (Å²) in [5.41, 5.74) is 4.42. The van der Waals surface area contributed by atoms with Crippen LogP contribution in [-0.4, -0.2) is 34.3 Å². The Morgan fingerprint density at radius 2 is 1.39 bits per heavy atom. The molecule has 4 heteroatoms. The maximum absolute atomic E-state index is 12.4. The second-order valence-electron chi connectivity index (χ2n) is 7.39. The summed E-state index contributed by atoms with van der Waals surface area (Å²) in [6.07, 6.45) is 0.0360. The van der Waals surface area contributed by atoms with E-state index in [9.17, 15) is 14.7 Å². The van der Waals surface area contributed by atoms with Gasteiger partial charge in [-0.25, -0.2) is 0 Å². The van der Waals surface area contributed by atoms with Crippen molar-refractivity contribution >= 4 is 11.8 Å². The molecular formula is C24H19NO3. The van der Waals surface area contributed by atoms with E-state index in [0.717, 1.165) is 27.8 Å². The topological polar surface area (TPSA) is 57.6 Å². The number of aliphatic carboxylic acids is 1. The van der Waals surface area contributed by atoms with Gasteiger partial charge in [-0.3, -0.25) is 14.5 Å². The molecule has 3 aromatic rings. The molecule has 0 spiro atoms. The van der Waals surface area contributed by atoms with Crippen LogP contribution in [0.1, 0.15) is 23.1 Å². The molecule has 1 aliphatic heterocycles. The summed E-state index contributed by atoms with van der Waals surface area (Å²) >= 11 is 0. The first-order valence-electron chi connectivity index (χ1n) is 9.40. The lowest BCUT2D eigenvalue weighted by atomic mass is 9.78. The number of likely N-dealkylation sites (tertiary alicyclic amines) is 1. The lowest BCUT2D eigenvalue weighted by molar-refractivity contribution is -0.143. The van der Waals surface area contributed by atoms with E-state index in [1.807, 2.05) is 59.5 Å². The van der Waals surface area contributed by atoms with Crippen LogP contribution in [0.5, 0.6) is 0 Å². The van der Waals surface area contributed by atoms with Crippen molar-refractivity contribution in [1.29, 1.82) is 0 Å². The number of carboxylic acids is 1. The number of fused-ring (bicyclic) bond motifs is 3. The molecule has 1 fully saturated rings. The minimum absolute atomic E-state index is 0.0360. The van der Waals surface area contributed by atoms with Gasteiger partial charge in [0, 0.05) is 6.42 Å². The molecule has 1 aliphatic carbocycles. The Morgan fingerprint density at radius 1 is 0.857 bits per heavy atom. The monoisotopic (exact) mass is 369 g/mol. The maximum atomic E-state index is 12.4. The Kier molecular flexibility index (Phi) is 3.71. The van der Waals surface area contributed by atoms with Gasteiger partial charge in [-0.1, -0.05) is 78.9 Å². The summed E-state index contributed by atoms with van der Waals surface area (Å²) in [6.45, 7) is 0.120. The van der Waals surface area contributed by atoms with Crippen molar-refractivity contribution in [2.75, 3.05) is 6.54 Å². The third-order valence-electron chi connectivity index (χ3n) is 5.98. The van der Waals surface area contributed by atoms with Crippen LogP contribution in [0.4, 0.5) is 0 Å². The number of hydrogen-bond donors (Lipinski definition) is 1. The highest BCUT2D eigenvalue weighted by atomic mass is 16.4. The second kappa shape index (κ2) is 6.14. The van der Waals surface area contributed by atoms with Crippen LogP contribution >= 0.6 is 0 Å². The highest BCUT2D eigenvalue weighted by molar-refractivity contribution is 5.92. The van der Waals surface area contributed by atoms with Crippen molar-refractivity contribution in [2.24, 2.45) is 0 Å². The highest BCUT2D eigenvalue weighted by Crippen LogP contribution is 2.55. The molecule has 1 saturated heterocycles. The summed E-state index contributed by atoms with van der Waals surface area (Å²) in [5, 5.41) is 9.93. The molecule has 0 radical (unpaired) electrons. The Morgan fingerprint density at radius 3 is 1.96 bits per heavy atom. The van der Waals surface area contributed by atoms with Crippen LogP contribution in [0.15, 0.2) is 78.9 Å². The maximum Gasteiger partial charge on any atom is 0.321 e. The van der Waals surface area contributed by atoms with Crippen LogP contribution in [0.3, 0.4) is 0 Å². The van der Waals surface area contributed by atoms with Gasteiger partial charge in [-0.05, 0) is 27.8 Å². The van der Waals surface area contributed by atoms with Crippen LogP contribution in [0.2, 0.25) is 0 Å². The third-order valence-corrected chi connectivity index (χ3v) is 5.98. The molecule has 28 heavy (non-hydrogen) atoms. The van der Waals surface area contributed by atoms with Crippen molar-refractivity contribution in [3.8, 4) is 11.1 Å². The van der Waals surface area contributed by atoms with E-state index in [2.05, 4.69) is 24.3 Å². The van der Waals surface area contributed by atoms with Crippen LogP contribution in [0, 0.1) is 0 Å². The average Bonchev–Trinajstić information content (AvgIpc) is 3.25. The van der Waals surface area contributed by atoms with Gasteiger partial charge >= 0.3 is 5.97 Å². The van der Waals surface area contributed by atoms with Crippen molar-refractivity contribution in [2.45, 2.75) is 18.0 Å². The van der Waals surface area contributed by atoms with Crippen molar-refractivity contribution < 1.29 is 14.7 Å². The second-order valence-corrected chi connectivity index (χ2v) is 7.39. The third kappa shape index (κ3) is 2.15. The van der Waals surface area contributed by atoms with Gasteiger partial charge in [-0.15, -0.1) is 0 Å². The molecular weight excluding hydrogens is 350 g/mol. The van der Waals surface area contributed by atoms with E-state index in [1.165, 1.54) is 0 Å². The molecule has 0 unspecified atom stereocenters. The molecule has 1 heterocycles. The summed E-state index contributed by atoms with van der Waals surface area (Å²) in [5.74, 6) is -0.993. The number of ketones is 1. The quantitative estimate of drug-likeness (QED) is 0.765. The molecule has 1 atom stereocenters. The SMILES string of the molecule is O=C1C[C@@H](C(=O)O)N(C2(c3ccccc3)c3ccccc3-c3ccccc32)C1. The molecule has 138 valence electrons. The summed E-state index contributed by atoms with van der Waals surface area (Å²) in [4.78, 5) is 26.4. The molecule has 2 aliphatic rings. The number of hydrogen-bond acceptors (Lipinski definition) is 3. The van der Waals surface area contributed by atoms with E-state index in [0.29, 0.717) is 0 Å². The van der Waals surface area contributed by atoms with Gasteiger partial charge in [0.25, 0.3) is 0 Å². The summed E-state index contributed by atoms with van der Waals surface area (Å²) in [6, 6.07) is 25.3. The zero-order valence-corrected chi connectivity index (χ0v) is 15.2. The van der Waals surface area contributed by atoms with E-state index in [1.54, 1.807) is 0 Å². The number of carbonyl (C=O) groups is 2. The number of Topliss-reactive ketones (excluding diaryl/α,β-unsaturated/α-hetero) is 1. The number of benzene rings is 3. The van der Waals surface area contributed by atoms with E-state index in [4.69, 9.17) is 0 Å². The number of nitrogens with zero attached hydrogens (tertiary/aromatic N) is 1. The lowest BCUT2D eigenvalue weighted by Gasteiger charge is -2.43. The number of carbonyl (C=O) groups excluding carboxylic acids is 1. The van der Waals surface area contributed by atoms with Crippen molar-refractivity contribution in [3.05, 3.63) is 95.6 Å². The molecule has 3 aromatic carbocycles. The van der Waals surface area contributed by atoms with Gasteiger partial charge in [0.1, 0.15) is 11.8 Å². The smallest absolute Gasteiger partial charge is 0.321 e. The highest BCUT2D eigenvalue weighted by Gasteiger charge is 2.55. The fourth-order valence-corrected chi connectivity index (χ4v) is 4.94. The average molecular weight is 369 g/mol. The van der Waals surface area contributed by atoms with Gasteiger partial charge in [-0.2, -0.15) is 0 Å². The van der Waals surface area contributed by atoms with Crippen LogP contribution in [-0.2, 0) is 15.1 Å². The van der Waals surface area contributed by atoms with E-state index in [-0.39, 0.29) is 18.7 Å². The Balaban J connectivity index is 1.90. The van der Waals surface area contributed by atoms with Crippen molar-refractivity contribution in [3.63, 3.8) is 0 Å². The summed E-state index contributed by atoms with van der Waals surface area (Å²) < 4.78 is 0. The molecule has 5 rings (SSSR count). The minimum atomic E-state index is -0.956. The molecule has 0 aromatic heterocycles. The van der Waals surface area contributed by atoms with Gasteiger partial charge in [0.2, 0.25) is 0 Å². The predicted molar refractivity (Wildman–Crippen MR) is 106 cm³/mol. The standard InChI is InChI=1S/C24H19NO3/c26-17-14-22(23(27)28)25(15-17)24(16-8-2-1-3-9-16)20-12-6-4-10-18(20)19-11-5-7-13-21(19)24/h1-13,22H,14-15H2,(H,27,28)/t22-/m0/s1. The van der Waals surface area contributed by atoms with Gasteiger partial charge in [0.05, 0.1) is 12.1 Å². The van der Waals surface area contributed by atoms with Crippen LogP contribution in [0.25, 0.3) is 11.1 Å². The van der Waals surface area contributed by atoms with E-state index >= 15 is 0 Å². The molecule has 4 nitrogen and oxygen atoms in total. The molecule has 0 bridgehead atoms. The molecule has 0 amide bonds. The first kappa shape index (κ1) is 16.9. The Bertz CT molecular complexity index is 1040. The lowest BCUT2D eigenvalue weighted by Crippen LogP contribution is -2.51. The predicted octanol–water partition coefficient (Wildman–Crippen LogP) is 3.69. The fourth-order valence-electron chi connectivity index (χ4n) is 4.94. The van der Waals surface area contributed by atoms with Crippen molar-refractivity contribution in [1.82, 2.24) is 4.90 Å². The van der Waals surface area contributed by atoms with Gasteiger partial charge in [0.15, 0.2) is 0 Å². The number of carboxylic acid groups (broad SMARTS) is 1. The molecule has 0 saturated carbocycles. The number of rotatable bonds is 3. The Hall–Kier alpha value is -3.24. The largest absolute Gasteiger partial charge is 0.480 e. The summed E-state index contributed by atoms with van der Waals surface area (Å²) in [7, 11) is 0.